The first-order valence-electron chi connectivity index (χ1n) is 9.16. The van der Waals surface area contributed by atoms with Gasteiger partial charge in [0, 0.05) is 38.1 Å². The minimum atomic E-state index is 0.116. The molecule has 25 heavy (non-hydrogen) atoms. The summed E-state index contributed by atoms with van der Waals surface area (Å²) in [7, 11) is 0. The highest BCUT2D eigenvalue weighted by atomic mass is 16.2. The average Bonchev–Trinajstić information content (AvgIpc) is 3.13. The van der Waals surface area contributed by atoms with Gasteiger partial charge in [0.25, 0.3) is 0 Å². The maximum Gasteiger partial charge on any atom is 0.246 e. The van der Waals surface area contributed by atoms with E-state index in [-0.39, 0.29) is 5.91 Å². The van der Waals surface area contributed by atoms with E-state index in [1.807, 2.05) is 34.1 Å². The normalized spacial score (nSPS) is 16.0. The van der Waals surface area contributed by atoms with Gasteiger partial charge >= 0.3 is 0 Å². The monoisotopic (exact) mass is 337 g/mol. The molecule has 1 amide bonds. The molecule has 0 saturated carbocycles. The van der Waals surface area contributed by atoms with Gasteiger partial charge in [-0.1, -0.05) is 38.1 Å². The molecule has 1 aromatic heterocycles. The Kier molecular flexibility index (Phi) is 5.69. The van der Waals surface area contributed by atoms with Crippen LogP contribution in [0.4, 0.5) is 0 Å². The van der Waals surface area contributed by atoms with Gasteiger partial charge in [0.15, 0.2) is 0 Å². The molecular weight excluding hydrogens is 310 g/mol. The van der Waals surface area contributed by atoms with Crippen LogP contribution in [0.15, 0.2) is 48.8 Å². The summed E-state index contributed by atoms with van der Waals surface area (Å²) in [5.41, 5.74) is 2.40. The maximum absolute atomic E-state index is 12.4. The zero-order valence-corrected chi connectivity index (χ0v) is 15.1. The summed E-state index contributed by atoms with van der Waals surface area (Å²) >= 11 is 0. The van der Waals surface area contributed by atoms with Crippen LogP contribution in [0.5, 0.6) is 0 Å². The SMILES string of the molecule is CC(C)c1ccc(/C=C/C(=O)N2CCC(Cn3cccn3)CC2)cc1. The molecule has 1 aromatic carbocycles. The van der Waals surface area contributed by atoms with E-state index in [0.717, 1.165) is 38.0 Å². The minimum absolute atomic E-state index is 0.116. The quantitative estimate of drug-likeness (QED) is 0.775. The molecule has 132 valence electrons. The van der Waals surface area contributed by atoms with Gasteiger partial charge in [-0.15, -0.1) is 0 Å². The van der Waals surface area contributed by atoms with Gasteiger partial charge in [0.05, 0.1) is 0 Å². The number of hydrogen-bond acceptors (Lipinski definition) is 2. The number of hydrogen-bond donors (Lipinski definition) is 0. The third-order valence-corrected chi connectivity index (χ3v) is 4.95. The number of carbonyl (C=O) groups is 1. The second-order valence-electron chi connectivity index (χ2n) is 7.15. The second-order valence-corrected chi connectivity index (χ2v) is 7.15. The molecule has 2 aromatic rings. The fraction of sp³-hybridized carbons (Fsp3) is 0.429. The first-order chi connectivity index (χ1) is 12.1. The second kappa shape index (κ2) is 8.15. The van der Waals surface area contributed by atoms with E-state index in [1.54, 1.807) is 6.08 Å². The van der Waals surface area contributed by atoms with Crippen LogP contribution in [0, 0.1) is 5.92 Å². The molecule has 3 rings (SSSR count). The average molecular weight is 337 g/mol. The van der Waals surface area contributed by atoms with Gasteiger partial charge in [-0.2, -0.15) is 5.10 Å². The van der Waals surface area contributed by atoms with Crippen molar-refractivity contribution >= 4 is 12.0 Å². The van der Waals surface area contributed by atoms with Crippen molar-refractivity contribution in [2.24, 2.45) is 5.92 Å². The number of piperidine rings is 1. The molecule has 0 atom stereocenters. The molecule has 1 aliphatic heterocycles. The predicted octanol–water partition coefficient (Wildman–Crippen LogP) is 3.96. The Morgan fingerprint density at radius 1 is 1.24 bits per heavy atom. The van der Waals surface area contributed by atoms with Gasteiger partial charge in [-0.05, 0) is 47.9 Å². The lowest BCUT2D eigenvalue weighted by atomic mass is 9.97. The van der Waals surface area contributed by atoms with Crippen molar-refractivity contribution in [1.82, 2.24) is 14.7 Å². The third-order valence-electron chi connectivity index (χ3n) is 4.95. The van der Waals surface area contributed by atoms with E-state index < -0.39 is 0 Å². The number of nitrogens with zero attached hydrogens (tertiary/aromatic N) is 3. The maximum atomic E-state index is 12.4. The third kappa shape index (κ3) is 4.81. The zero-order valence-electron chi connectivity index (χ0n) is 15.1. The Labute approximate surface area is 150 Å². The molecule has 4 nitrogen and oxygen atoms in total. The lowest BCUT2D eigenvalue weighted by molar-refractivity contribution is -0.127. The van der Waals surface area contributed by atoms with Crippen LogP contribution in [0.2, 0.25) is 0 Å². The van der Waals surface area contributed by atoms with Crippen LogP contribution in [-0.4, -0.2) is 33.7 Å². The number of aromatic nitrogens is 2. The van der Waals surface area contributed by atoms with Crippen molar-refractivity contribution in [3.63, 3.8) is 0 Å². The summed E-state index contributed by atoms with van der Waals surface area (Å²) in [5, 5.41) is 4.27. The highest BCUT2D eigenvalue weighted by Gasteiger charge is 2.21. The Morgan fingerprint density at radius 3 is 2.56 bits per heavy atom. The van der Waals surface area contributed by atoms with Crippen LogP contribution < -0.4 is 0 Å². The fourth-order valence-corrected chi connectivity index (χ4v) is 3.27. The highest BCUT2D eigenvalue weighted by molar-refractivity contribution is 5.91. The smallest absolute Gasteiger partial charge is 0.246 e. The Balaban J connectivity index is 1.48. The van der Waals surface area contributed by atoms with Crippen LogP contribution in [0.25, 0.3) is 6.08 Å². The van der Waals surface area contributed by atoms with E-state index in [1.165, 1.54) is 5.56 Å². The minimum Gasteiger partial charge on any atom is -0.339 e. The van der Waals surface area contributed by atoms with Gasteiger partial charge in [-0.3, -0.25) is 9.48 Å². The van der Waals surface area contributed by atoms with Crippen molar-refractivity contribution in [3.05, 3.63) is 59.9 Å². The summed E-state index contributed by atoms with van der Waals surface area (Å²) in [6.07, 6.45) is 9.54. The molecule has 0 unspecified atom stereocenters. The molecular formula is C21H27N3O. The van der Waals surface area contributed by atoms with Crippen LogP contribution in [0.3, 0.4) is 0 Å². The van der Waals surface area contributed by atoms with Gasteiger partial charge < -0.3 is 4.90 Å². The molecule has 0 spiro atoms. The number of carbonyl (C=O) groups excluding carboxylic acids is 1. The fourth-order valence-electron chi connectivity index (χ4n) is 3.27. The molecule has 1 fully saturated rings. The number of benzene rings is 1. The van der Waals surface area contributed by atoms with E-state index in [2.05, 4.69) is 43.2 Å². The number of rotatable bonds is 5. The Morgan fingerprint density at radius 2 is 1.96 bits per heavy atom. The number of likely N-dealkylation sites (tertiary alicyclic amines) is 1. The van der Waals surface area contributed by atoms with Crippen molar-refractivity contribution in [2.45, 2.75) is 39.2 Å². The van der Waals surface area contributed by atoms with Crippen molar-refractivity contribution < 1.29 is 4.79 Å². The Bertz CT molecular complexity index is 693. The van der Waals surface area contributed by atoms with E-state index >= 15 is 0 Å². The van der Waals surface area contributed by atoms with E-state index in [0.29, 0.717) is 11.8 Å². The van der Waals surface area contributed by atoms with Crippen LogP contribution >= 0.6 is 0 Å². The Hall–Kier alpha value is -2.36. The lowest BCUT2D eigenvalue weighted by Crippen LogP contribution is -2.38. The van der Waals surface area contributed by atoms with Gasteiger partial charge in [0.2, 0.25) is 5.91 Å². The topological polar surface area (TPSA) is 38.1 Å². The van der Waals surface area contributed by atoms with E-state index in [4.69, 9.17) is 0 Å². The molecule has 1 saturated heterocycles. The zero-order chi connectivity index (χ0) is 17.6. The molecule has 2 heterocycles. The summed E-state index contributed by atoms with van der Waals surface area (Å²) < 4.78 is 1.99. The predicted molar refractivity (Wildman–Crippen MR) is 101 cm³/mol. The molecule has 0 bridgehead atoms. The standard InChI is InChI=1S/C21H27N3O/c1-17(2)20-7-4-18(5-8-20)6-9-21(25)23-14-10-19(11-15-23)16-24-13-3-12-22-24/h3-9,12-13,17,19H,10-11,14-16H2,1-2H3/b9-6+. The van der Waals surface area contributed by atoms with Crippen molar-refractivity contribution in [2.75, 3.05) is 13.1 Å². The first-order valence-corrected chi connectivity index (χ1v) is 9.16. The van der Waals surface area contributed by atoms with Crippen LogP contribution in [-0.2, 0) is 11.3 Å². The molecule has 0 N–H and O–H groups in total. The first kappa shape index (κ1) is 17.5. The number of amides is 1. The summed E-state index contributed by atoms with van der Waals surface area (Å²) in [4.78, 5) is 14.3. The van der Waals surface area contributed by atoms with Crippen LogP contribution in [0.1, 0.15) is 43.7 Å². The molecule has 0 aliphatic carbocycles. The highest BCUT2D eigenvalue weighted by Crippen LogP contribution is 2.19. The largest absolute Gasteiger partial charge is 0.339 e. The molecule has 0 radical (unpaired) electrons. The summed E-state index contributed by atoms with van der Waals surface area (Å²) in [5.74, 6) is 1.25. The van der Waals surface area contributed by atoms with Gasteiger partial charge in [0.1, 0.15) is 0 Å². The van der Waals surface area contributed by atoms with Crippen molar-refractivity contribution in [3.8, 4) is 0 Å². The van der Waals surface area contributed by atoms with E-state index in [9.17, 15) is 4.79 Å². The summed E-state index contributed by atoms with van der Waals surface area (Å²) in [6, 6.07) is 10.4. The van der Waals surface area contributed by atoms with Crippen molar-refractivity contribution in [1.29, 1.82) is 0 Å². The molecule has 1 aliphatic rings. The summed E-state index contributed by atoms with van der Waals surface area (Å²) in [6.45, 7) is 6.99. The lowest BCUT2D eigenvalue weighted by Gasteiger charge is -2.31. The van der Waals surface area contributed by atoms with Gasteiger partial charge in [-0.25, -0.2) is 0 Å². The molecule has 4 heteroatoms.